The second kappa shape index (κ2) is 6.42. The van der Waals surface area contributed by atoms with Crippen molar-refractivity contribution >= 4 is 5.91 Å². The molecule has 0 saturated heterocycles. The van der Waals surface area contributed by atoms with Crippen LogP contribution in [0.15, 0.2) is 16.7 Å². The predicted molar refractivity (Wildman–Crippen MR) is 66.2 cm³/mol. The van der Waals surface area contributed by atoms with Crippen molar-refractivity contribution < 1.29 is 9.21 Å². The summed E-state index contributed by atoms with van der Waals surface area (Å²) < 4.78 is 5.34. The maximum Gasteiger partial charge on any atom is 0.268 e. The lowest BCUT2D eigenvalue weighted by Gasteiger charge is -2.21. The second-order valence-corrected chi connectivity index (χ2v) is 4.45. The number of nitrogens with zero attached hydrogens (tertiary/aromatic N) is 1. The number of rotatable bonds is 6. The first-order valence-corrected chi connectivity index (χ1v) is 5.88. The minimum atomic E-state index is -0.311. The molecule has 0 aliphatic rings. The molecule has 1 aromatic rings. The highest BCUT2D eigenvalue weighted by Gasteiger charge is 2.16. The van der Waals surface area contributed by atoms with Crippen LogP contribution >= 0.6 is 0 Å². The highest BCUT2D eigenvalue weighted by molar-refractivity contribution is 5.94. The number of nitrogens with two attached hydrogens (primary N) is 1. The van der Waals surface area contributed by atoms with E-state index >= 15 is 0 Å². The normalized spacial score (nSPS) is 11.2. The van der Waals surface area contributed by atoms with E-state index in [-0.39, 0.29) is 5.91 Å². The van der Waals surface area contributed by atoms with Gasteiger partial charge in [0.2, 0.25) is 0 Å². The topological polar surface area (TPSA) is 71.5 Å². The van der Waals surface area contributed by atoms with Crippen LogP contribution in [0.1, 0.15) is 36.9 Å². The molecule has 96 valence electrons. The van der Waals surface area contributed by atoms with E-state index in [1.807, 2.05) is 0 Å². The second-order valence-electron chi connectivity index (χ2n) is 4.45. The van der Waals surface area contributed by atoms with Crippen molar-refractivity contribution in [1.82, 2.24) is 10.3 Å². The van der Waals surface area contributed by atoms with Crippen LogP contribution in [0.2, 0.25) is 0 Å². The number of hydrazine groups is 1. The first kappa shape index (κ1) is 13.7. The quantitative estimate of drug-likeness (QED) is 0.447. The van der Waals surface area contributed by atoms with Crippen LogP contribution in [0.5, 0.6) is 0 Å². The molecule has 0 spiro atoms. The van der Waals surface area contributed by atoms with Gasteiger partial charge in [-0.2, -0.15) is 0 Å². The molecule has 1 amide bonds. The van der Waals surface area contributed by atoms with Gasteiger partial charge < -0.3 is 4.42 Å². The molecule has 0 atom stereocenters. The fourth-order valence-electron chi connectivity index (χ4n) is 1.77. The molecule has 0 saturated carbocycles. The Labute approximate surface area is 102 Å². The van der Waals surface area contributed by atoms with E-state index in [0.29, 0.717) is 23.8 Å². The van der Waals surface area contributed by atoms with Crippen molar-refractivity contribution in [1.29, 1.82) is 0 Å². The molecule has 0 aliphatic heterocycles. The molecular formula is C12H21N3O2. The fourth-order valence-corrected chi connectivity index (χ4v) is 1.77. The molecule has 1 rings (SSSR count). The van der Waals surface area contributed by atoms with Gasteiger partial charge in [0.1, 0.15) is 5.76 Å². The maximum atomic E-state index is 11.5. The zero-order valence-electron chi connectivity index (χ0n) is 10.7. The summed E-state index contributed by atoms with van der Waals surface area (Å²) in [5, 5.41) is 0. The lowest BCUT2D eigenvalue weighted by atomic mass is 10.2. The zero-order valence-corrected chi connectivity index (χ0v) is 10.7. The highest BCUT2D eigenvalue weighted by atomic mass is 16.3. The predicted octanol–water partition coefficient (Wildman–Crippen LogP) is 1.36. The van der Waals surface area contributed by atoms with Gasteiger partial charge in [-0.1, -0.05) is 20.8 Å². The van der Waals surface area contributed by atoms with Gasteiger partial charge in [-0.3, -0.25) is 15.1 Å². The van der Waals surface area contributed by atoms with Crippen LogP contribution in [0.25, 0.3) is 0 Å². The summed E-state index contributed by atoms with van der Waals surface area (Å²) in [5.74, 6) is 6.05. The third-order valence-corrected chi connectivity index (χ3v) is 2.56. The summed E-state index contributed by atoms with van der Waals surface area (Å²) in [7, 11) is 0. The molecule has 0 aromatic carbocycles. The van der Waals surface area contributed by atoms with E-state index < -0.39 is 0 Å². The van der Waals surface area contributed by atoms with Gasteiger partial charge in [0.05, 0.1) is 18.4 Å². The number of carbonyl (C=O) groups excluding carboxylic acids is 1. The maximum absolute atomic E-state index is 11.5. The number of hydrogen-bond acceptors (Lipinski definition) is 4. The largest absolute Gasteiger partial charge is 0.467 e. The van der Waals surface area contributed by atoms with Crippen LogP contribution in [0.3, 0.4) is 0 Å². The minimum Gasteiger partial charge on any atom is -0.467 e. The van der Waals surface area contributed by atoms with Gasteiger partial charge in [0, 0.05) is 6.54 Å². The van der Waals surface area contributed by atoms with Crippen molar-refractivity contribution in [2.24, 2.45) is 11.8 Å². The number of furan rings is 1. The lowest BCUT2D eigenvalue weighted by Crippen LogP contribution is -2.32. The standard InChI is InChI=1S/C12H21N3O2/c1-4-15(7-9(2)3)8-11-10(5-6-17-11)12(16)14-13/h5-6,9H,4,7-8,13H2,1-3H3,(H,14,16). The van der Waals surface area contributed by atoms with Crippen molar-refractivity contribution in [2.75, 3.05) is 13.1 Å². The summed E-state index contributed by atoms with van der Waals surface area (Å²) in [6, 6.07) is 1.64. The summed E-state index contributed by atoms with van der Waals surface area (Å²) in [4.78, 5) is 13.7. The van der Waals surface area contributed by atoms with Gasteiger partial charge in [0.15, 0.2) is 0 Å². The van der Waals surface area contributed by atoms with Crippen molar-refractivity contribution in [3.8, 4) is 0 Å². The third kappa shape index (κ3) is 3.87. The van der Waals surface area contributed by atoms with E-state index in [1.165, 1.54) is 6.26 Å². The Kier molecular flexibility index (Phi) is 5.18. The monoisotopic (exact) mass is 239 g/mol. The smallest absolute Gasteiger partial charge is 0.268 e. The van der Waals surface area contributed by atoms with Crippen LogP contribution in [0.4, 0.5) is 0 Å². The first-order valence-electron chi connectivity index (χ1n) is 5.88. The van der Waals surface area contributed by atoms with Crippen LogP contribution in [-0.2, 0) is 6.54 Å². The average molecular weight is 239 g/mol. The van der Waals surface area contributed by atoms with E-state index in [2.05, 4.69) is 31.1 Å². The highest BCUT2D eigenvalue weighted by Crippen LogP contribution is 2.14. The van der Waals surface area contributed by atoms with E-state index in [0.717, 1.165) is 13.1 Å². The third-order valence-electron chi connectivity index (χ3n) is 2.56. The Morgan fingerprint density at radius 3 is 2.82 bits per heavy atom. The molecule has 0 fully saturated rings. The van der Waals surface area contributed by atoms with Gasteiger partial charge in [0.25, 0.3) is 5.91 Å². The van der Waals surface area contributed by atoms with E-state index in [9.17, 15) is 4.79 Å². The molecule has 0 unspecified atom stereocenters. The number of amides is 1. The molecule has 1 aromatic heterocycles. The lowest BCUT2D eigenvalue weighted by molar-refractivity contribution is 0.0949. The molecular weight excluding hydrogens is 218 g/mol. The average Bonchev–Trinajstić information content (AvgIpc) is 2.74. The van der Waals surface area contributed by atoms with Crippen LogP contribution in [-0.4, -0.2) is 23.9 Å². The van der Waals surface area contributed by atoms with Gasteiger partial charge in [-0.25, -0.2) is 5.84 Å². The van der Waals surface area contributed by atoms with Crippen LogP contribution in [0, 0.1) is 5.92 Å². The van der Waals surface area contributed by atoms with Crippen molar-refractivity contribution in [3.05, 3.63) is 23.7 Å². The molecule has 1 heterocycles. The Morgan fingerprint density at radius 2 is 2.29 bits per heavy atom. The van der Waals surface area contributed by atoms with Crippen molar-refractivity contribution in [3.63, 3.8) is 0 Å². The Balaban J connectivity index is 2.72. The van der Waals surface area contributed by atoms with Crippen molar-refractivity contribution in [2.45, 2.75) is 27.3 Å². The molecule has 0 bridgehead atoms. The Hall–Kier alpha value is -1.33. The molecule has 3 N–H and O–H groups in total. The SMILES string of the molecule is CCN(Cc1occc1C(=O)NN)CC(C)C. The number of nitrogen functional groups attached to an aromatic ring is 1. The summed E-state index contributed by atoms with van der Waals surface area (Å²) in [6.07, 6.45) is 1.52. The fraction of sp³-hybridized carbons (Fsp3) is 0.583. The van der Waals surface area contributed by atoms with Crippen LogP contribution < -0.4 is 11.3 Å². The summed E-state index contributed by atoms with van der Waals surface area (Å²) >= 11 is 0. The summed E-state index contributed by atoms with van der Waals surface area (Å²) in [5.41, 5.74) is 2.63. The molecule has 0 aliphatic carbocycles. The minimum absolute atomic E-state index is 0.311. The van der Waals surface area contributed by atoms with Gasteiger partial charge >= 0.3 is 0 Å². The van der Waals surface area contributed by atoms with E-state index in [4.69, 9.17) is 10.3 Å². The van der Waals surface area contributed by atoms with Gasteiger partial charge in [-0.05, 0) is 18.5 Å². The molecule has 5 heteroatoms. The molecule has 17 heavy (non-hydrogen) atoms. The summed E-state index contributed by atoms with van der Waals surface area (Å²) in [6.45, 7) is 8.94. The Bertz CT molecular complexity index is 360. The molecule has 5 nitrogen and oxygen atoms in total. The number of nitrogens with one attached hydrogen (secondary N) is 1. The number of carbonyl (C=O) groups is 1. The van der Waals surface area contributed by atoms with E-state index in [1.54, 1.807) is 6.07 Å². The number of hydrogen-bond donors (Lipinski definition) is 2. The first-order chi connectivity index (χ1) is 8.08. The zero-order chi connectivity index (χ0) is 12.8. The van der Waals surface area contributed by atoms with Gasteiger partial charge in [-0.15, -0.1) is 0 Å². The Morgan fingerprint density at radius 1 is 1.59 bits per heavy atom. The molecule has 0 radical (unpaired) electrons.